The summed E-state index contributed by atoms with van der Waals surface area (Å²) in [6, 6.07) is 19.5. The Kier molecular flexibility index (Phi) is 15.8. The normalized spacial score (nSPS) is 9.53. The van der Waals surface area contributed by atoms with E-state index in [1.165, 1.54) is 0 Å². The van der Waals surface area contributed by atoms with Gasteiger partial charge in [-0.3, -0.25) is 0 Å². The second-order valence-corrected chi connectivity index (χ2v) is 2.96. The summed E-state index contributed by atoms with van der Waals surface area (Å²) in [5.41, 5.74) is 9.91. The van der Waals surface area contributed by atoms with E-state index in [4.69, 9.17) is 11.5 Å². The quantitative estimate of drug-likeness (QED) is 0.492. The van der Waals surface area contributed by atoms with Crippen LogP contribution in [0.4, 0.5) is 0 Å². The zero-order chi connectivity index (χ0) is 12.1. The minimum atomic E-state index is -0.468. The van der Waals surface area contributed by atoms with Crippen LogP contribution in [0, 0.1) is 0 Å². The fourth-order valence-corrected chi connectivity index (χ4v) is 0.697. The van der Waals surface area contributed by atoms with Gasteiger partial charge in [-0.15, -0.1) is 0 Å². The average Bonchev–Trinajstić information content (AvgIpc) is 3.03. The van der Waals surface area contributed by atoms with E-state index in [2.05, 4.69) is 0 Å². The Bertz CT molecular complexity index is 245. The van der Waals surface area contributed by atoms with Crippen LogP contribution in [0.2, 0.25) is 0 Å². The van der Waals surface area contributed by atoms with Crippen molar-refractivity contribution >= 4 is 6.29 Å². The third kappa shape index (κ3) is 14.8. The standard InChI is InChI=1S/2C5H5.C3H8N2O.Fe/c2*1-2-4-5-3-1;4-1-3(5)2-6;/h2*1-5H;2-3H,1,4-5H2;/q-5;-1;;. The van der Waals surface area contributed by atoms with E-state index >= 15 is 0 Å². The summed E-state index contributed by atoms with van der Waals surface area (Å²) < 4.78 is 0. The van der Waals surface area contributed by atoms with Crippen LogP contribution in [0.1, 0.15) is 0 Å². The second kappa shape index (κ2) is 14.8. The fourth-order valence-electron chi connectivity index (χ4n) is 0.697. The summed E-state index contributed by atoms with van der Waals surface area (Å²) in [5.74, 6) is 0. The summed E-state index contributed by atoms with van der Waals surface area (Å²) in [6.45, 7) is 0.240. The van der Waals surface area contributed by atoms with E-state index in [0.717, 1.165) is 0 Å². The first-order chi connectivity index (χ1) is 7.81. The Balaban J connectivity index is 0. The van der Waals surface area contributed by atoms with Crippen molar-refractivity contribution in [2.75, 3.05) is 6.54 Å². The van der Waals surface area contributed by atoms with Gasteiger partial charge in [0.1, 0.15) is 6.29 Å². The van der Waals surface area contributed by atoms with Gasteiger partial charge in [-0.05, 0) is 0 Å². The summed E-state index contributed by atoms with van der Waals surface area (Å²) in [6.07, 6.45) is 0.625. The van der Waals surface area contributed by atoms with Gasteiger partial charge in [0.25, 0.3) is 0 Å². The maximum atomic E-state index is 9.53. The molecular weight excluding hydrogens is 256 g/mol. The number of carbonyl (C=O) groups is 1. The summed E-state index contributed by atoms with van der Waals surface area (Å²) >= 11 is 0. The Morgan fingerprint density at radius 1 is 1.06 bits per heavy atom. The Morgan fingerprint density at radius 2 is 1.47 bits per heavy atom. The van der Waals surface area contributed by atoms with Gasteiger partial charge in [0.05, 0.1) is 6.04 Å². The SMILES string of the molecule is NCC(N)C=O.[Fe].[cH-]1[cH-][cH-][cH-][cH-]1.c1cc[cH-]c1. The van der Waals surface area contributed by atoms with Crippen LogP contribution in [-0.2, 0) is 21.9 Å². The van der Waals surface area contributed by atoms with Gasteiger partial charge < -0.3 is 46.6 Å². The molecule has 4 N–H and O–H groups in total. The molecule has 2 rings (SSSR count). The second-order valence-electron chi connectivity index (χ2n) is 2.96. The molecule has 0 aliphatic rings. The van der Waals surface area contributed by atoms with Gasteiger partial charge in [-0.1, -0.05) is 0 Å². The van der Waals surface area contributed by atoms with Crippen LogP contribution in [0.5, 0.6) is 0 Å². The van der Waals surface area contributed by atoms with Gasteiger partial charge in [0.15, 0.2) is 0 Å². The van der Waals surface area contributed by atoms with Crippen molar-refractivity contribution < 1.29 is 21.9 Å². The van der Waals surface area contributed by atoms with Crippen molar-refractivity contribution in [2.45, 2.75) is 6.04 Å². The molecule has 0 heterocycles. The number of carbonyl (C=O) groups excluding carboxylic acids is 1. The molecule has 0 bridgehead atoms. The third-order valence-electron chi connectivity index (χ3n) is 1.56. The first-order valence-corrected chi connectivity index (χ1v) is 5.05. The van der Waals surface area contributed by atoms with E-state index in [-0.39, 0.29) is 23.6 Å². The van der Waals surface area contributed by atoms with Crippen LogP contribution in [0.3, 0.4) is 0 Å². The van der Waals surface area contributed by atoms with E-state index in [0.29, 0.717) is 6.29 Å². The van der Waals surface area contributed by atoms with Gasteiger partial charge in [0.2, 0.25) is 0 Å². The number of rotatable bonds is 2. The molecule has 2 aromatic carbocycles. The van der Waals surface area contributed by atoms with Crippen molar-refractivity contribution in [2.24, 2.45) is 11.5 Å². The minimum absolute atomic E-state index is 0. The molecule has 0 amide bonds. The molecular formula is C13H18FeN2O-6. The van der Waals surface area contributed by atoms with Crippen molar-refractivity contribution in [3.63, 3.8) is 0 Å². The molecule has 100 valence electrons. The topological polar surface area (TPSA) is 69.1 Å². The molecule has 1 atom stereocenters. The molecule has 0 saturated carbocycles. The minimum Gasteiger partial charge on any atom is -0.748 e. The fraction of sp³-hybridized carbons (Fsp3) is 0.154. The van der Waals surface area contributed by atoms with Gasteiger partial charge in [0, 0.05) is 23.6 Å². The summed E-state index contributed by atoms with van der Waals surface area (Å²) in [4.78, 5) is 9.53. The van der Waals surface area contributed by atoms with Gasteiger partial charge in [-0.25, -0.2) is 12.1 Å². The monoisotopic (exact) mass is 274 g/mol. The molecule has 0 fully saturated rings. The first-order valence-electron chi connectivity index (χ1n) is 5.05. The number of hydrogen-bond donors (Lipinski definition) is 2. The molecule has 0 aliphatic heterocycles. The smallest absolute Gasteiger partial charge is 0.137 e. The predicted molar refractivity (Wildman–Crippen MR) is 67.2 cm³/mol. The molecule has 0 aliphatic carbocycles. The van der Waals surface area contributed by atoms with Crippen molar-refractivity contribution in [3.05, 3.63) is 60.7 Å². The molecule has 0 spiro atoms. The molecule has 2 aromatic rings. The first kappa shape index (κ1) is 18.2. The molecule has 3 nitrogen and oxygen atoms in total. The average molecular weight is 274 g/mol. The van der Waals surface area contributed by atoms with Crippen molar-refractivity contribution in [1.82, 2.24) is 0 Å². The van der Waals surface area contributed by atoms with Gasteiger partial charge >= 0.3 is 0 Å². The molecule has 17 heavy (non-hydrogen) atoms. The Labute approximate surface area is 113 Å². The van der Waals surface area contributed by atoms with Crippen molar-refractivity contribution in [3.8, 4) is 0 Å². The molecule has 0 saturated heterocycles. The Hall–Kier alpha value is -1.19. The third-order valence-corrected chi connectivity index (χ3v) is 1.56. The zero-order valence-corrected chi connectivity index (χ0v) is 10.7. The summed E-state index contributed by atoms with van der Waals surface area (Å²) in [5, 5.41) is 0. The largest absolute Gasteiger partial charge is 0.748 e. The van der Waals surface area contributed by atoms with Crippen LogP contribution >= 0.6 is 0 Å². The van der Waals surface area contributed by atoms with Crippen molar-refractivity contribution in [1.29, 1.82) is 0 Å². The van der Waals surface area contributed by atoms with Crippen LogP contribution in [0.25, 0.3) is 0 Å². The van der Waals surface area contributed by atoms with E-state index in [1.807, 2.05) is 60.7 Å². The molecule has 1 unspecified atom stereocenters. The molecule has 0 radical (unpaired) electrons. The van der Waals surface area contributed by atoms with E-state index < -0.39 is 6.04 Å². The zero-order valence-electron chi connectivity index (χ0n) is 9.55. The maximum Gasteiger partial charge on any atom is 0.137 e. The molecule has 4 heteroatoms. The maximum absolute atomic E-state index is 9.53. The van der Waals surface area contributed by atoms with Crippen LogP contribution in [-0.4, -0.2) is 18.9 Å². The number of hydrogen-bond acceptors (Lipinski definition) is 3. The Morgan fingerprint density at radius 3 is 1.59 bits per heavy atom. The summed E-state index contributed by atoms with van der Waals surface area (Å²) in [7, 11) is 0. The number of aldehydes is 1. The van der Waals surface area contributed by atoms with Crippen LogP contribution < -0.4 is 11.5 Å². The van der Waals surface area contributed by atoms with Gasteiger partial charge in [-0.2, -0.15) is 18.2 Å². The van der Waals surface area contributed by atoms with Crippen LogP contribution in [0.15, 0.2) is 60.7 Å². The predicted octanol–water partition coefficient (Wildman–Crippen LogP) is 1.28. The number of nitrogens with two attached hydrogens (primary N) is 2. The van der Waals surface area contributed by atoms with E-state index in [1.54, 1.807) is 0 Å². The molecule has 0 aromatic heterocycles. The van der Waals surface area contributed by atoms with E-state index in [9.17, 15) is 4.79 Å².